The third-order valence-corrected chi connectivity index (χ3v) is 3.87. The first-order valence-electron chi connectivity index (χ1n) is 7.20. The van der Waals surface area contributed by atoms with Gasteiger partial charge in [0.25, 0.3) is 0 Å². The SMILES string of the molecule is CCC(CCCl)CNC(=O)CCC1CCCCO1. The van der Waals surface area contributed by atoms with Crippen LogP contribution in [-0.4, -0.2) is 31.0 Å². The minimum atomic E-state index is 0.150. The molecule has 1 saturated heterocycles. The molecular formula is C14H26ClNO2. The van der Waals surface area contributed by atoms with E-state index in [0.29, 0.717) is 24.3 Å². The summed E-state index contributed by atoms with van der Waals surface area (Å²) >= 11 is 5.72. The monoisotopic (exact) mass is 275 g/mol. The molecule has 0 aromatic carbocycles. The lowest BCUT2D eigenvalue weighted by Gasteiger charge is -2.22. The Morgan fingerprint density at radius 2 is 2.33 bits per heavy atom. The Morgan fingerprint density at radius 3 is 2.94 bits per heavy atom. The maximum atomic E-state index is 11.7. The van der Waals surface area contributed by atoms with Gasteiger partial charge in [-0.15, -0.1) is 11.6 Å². The van der Waals surface area contributed by atoms with Gasteiger partial charge >= 0.3 is 0 Å². The minimum absolute atomic E-state index is 0.150. The van der Waals surface area contributed by atoms with Crippen molar-refractivity contribution >= 4 is 17.5 Å². The van der Waals surface area contributed by atoms with Gasteiger partial charge in [-0.3, -0.25) is 4.79 Å². The highest BCUT2D eigenvalue weighted by atomic mass is 35.5. The molecule has 2 unspecified atom stereocenters. The molecule has 1 aliphatic heterocycles. The summed E-state index contributed by atoms with van der Waals surface area (Å²) in [6.07, 6.45) is 7.30. The smallest absolute Gasteiger partial charge is 0.220 e. The second kappa shape index (κ2) is 9.62. The molecule has 18 heavy (non-hydrogen) atoms. The summed E-state index contributed by atoms with van der Waals surface area (Å²) in [5, 5.41) is 3.00. The first-order valence-corrected chi connectivity index (χ1v) is 7.74. The molecule has 1 N–H and O–H groups in total. The molecule has 106 valence electrons. The third kappa shape index (κ3) is 6.60. The fraction of sp³-hybridized carbons (Fsp3) is 0.929. The van der Waals surface area contributed by atoms with Crippen molar-refractivity contribution in [1.82, 2.24) is 5.32 Å². The van der Waals surface area contributed by atoms with E-state index in [-0.39, 0.29) is 5.91 Å². The van der Waals surface area contributed by atoms with Gasteiger partial charge in [0.1, 0.15) is 0 Å². The fourth-order valence-corrected chi connectivity index (χ4v) is 2.59. The van der Waals surface area contributed by atoms with Gasteiger partial charge in [-0.1, -0.05) is 13.3 Å². The number of ether oxygens (including phenoxy) is 1. The van der Waals surface area contributed by atoms with Crippen molar-refractivity contribution in [3.63, 3.8) is 0 Å². The summed E-state index contributed by atoms with van der Waals surface area (Å²) in [5.74, 6) is 1.33. The van der Waals surface area contributed by atoms with E-state index in [1.54, 1.807) is 0 Å². The molecule has 0 radical (unpaired) electrons. The maximum Gasteiger partial charge on any atom is 0.220 e. The summed E-state index contributed by atoms with van der Waals surface area (Å²) in [6.45, 7) is 3.76. The van der Waals surface area contributed by atoms with Gasteiger partial charge in [0, 0.05) is 25.5 Å². The Balaban J connectivity index is 2.08. The van der Waals surface area contributed by atoms with E-state index < -0.39 is 0 Å². The van der Waals surface area contributed by atoms with Crippen molar-refractivity contribution in [2.75, 3.05) is 19.0 Å². The van der Waals surface area contributed by atoms with Crippen LogP contribution in [0.5, 0.6) is 0 Å². The molecule has 0 aromatic rings. The highest BCUT2D eigenvalue weighted by Gasteiger charge is 2.15. The van der Waals surface area contributed by atoms with Crippen molar-refractivity contribution in [2.24, 2.45) is 5.92 Å². The molecule has 0 aromatic heterocycles. The van der Waals surface area contributed by atoms with E-state index >= 15 is 0 Å². The second-order valence-electron chi connectivity index (χ2n) is 5.08. The van der Waals surface area contributed by atoms with Crippen LogP contribution in [0.25, 0.3) is 0 Å². The normalized spacial score (nSPS) is 21.6. The van der Waals surface area contributed by atoms with E-state index in [9.17, 15) is 4.79 Å². The van der Waals surface area contributed by atoms with Crippen molar-refractivity contribution in [3.8, 4) is 0 Å². The quantitative estimate of drug-likeness (QED) is 0.691. The molecule has 0 bridgehead atoms. The van der Waals surface area contributed by atoms with Crippen molar-refractivity contribution in [2.45, 2.75) is 58.0 Å². The molecule has 2 atom stereocenters. The van der Waals surface area contributed by atoms with Crippen molar-refractivity contribution < 1.29 is 9.53 Å². The van der Waals surface area contributed by atoms with Crippen molar-refractivity contribution in [3.05, 3.63) is 0 Å². The molecule has 0 aliphatic carbocycles. The zero-order valence-corrected chi connectivity index (χ0v) is 12.2. The number of carbonyl (C=O) groups is 1. The summed E-state index contributed by atoms with van der Waals surface area (Å²) in [6, 6.07) is 0. The molecule has 1 amide bonds. The third-order valence-electron chi connectivity index (χ3n) is 3.65. The van der Waals surface area contributed by atoms with Gasteiger partial charge in [0.2, 0.25) is 5.91 Å². The Labute approximate surface area is 116 Å². The largest absolute Gasteiger partial charge is 0.378 e. The lowest BCUT2D eigenvalue weighted by atomic mass is 10.0. The molecule has 1 aliphatic rings. The van der Waals surface area contributed by atoms with E-state index in [4.69, 9.17) is 16.3 Å². The van der Waals surface area contributed by atoms with Crippen LogP contribution in [0.4, 0.5) is 0 Å². The maximum absolute atomic E-state index is 11.7. The first-order chi connectivity index (χ1) is 8.76. The van der Waals surface area contributed by atoms with Gasteiger partial charge in [-0.25, -0.2) is 0 Å². The number of hydrogen-bond donors (Lipinski definition) is 1. The van der Waals surface area contributed by atoms with Crippen LogP contribution in [0.3, 0.4) is 0 Å². The van der Waals surface area contributed by atoms with Crippen LogP contribution >= 0.6 is 11.6 Å². The average molecular weight is 276 g/mol. The summed E-state index contributed by atoms with van der Waals surface area (Å²) in [4.78, 5) is 11.7. The molecule has 1 fully saturated rings. The first kappa shape index (κ1) is 15.8. The molecular weight excluding hydrogens is 250 g/mol. The topological polar surface area (TPSA) is 38.3 Å². The Hall–Kier alpha value is -0.280. The van der Waals surface area contributed by atoms with Gasteiger partial charge in [0.15, 0.2) is 0 Å². The van der Waals surface area contributed by atoms with Crippen LogP contribution in [0.1, 0.15) is 51.9 Å². The number of carbonyl (C=O) groups excluding carboxylic acids is 1. The number of alkyl halides is 1. The number of halogens is 1. The highest BCUT2D eigenvalue weighted by molar-refractivity contribution is 6.17. The molecule has 4 heteroatoms. The highest BCUT2D eigenvalue weighted by Crippen LogP contribution is 2.16. The predicted octanol–water partition coefficient (Wildman–Crippen LogP) is 3.11. The summed E-state index contributed by atoms with van der Waals surface area (Å²) in [5.41, 5.74) is 0. The number of amides is 1. The molecule has 0 saturated carbocycles. The lowest BCUT2D eigenvalue weighted by Crippen LogP contribution is -2.30. The molecule has 0 spiro atoms. The molecule has 3 nitrogen and oxygen atoms in total. The number of nitrogens with one attached hydrogen (secondary N) is 1. The van der Waals surface area contributed by atoms with Gasteiger partial charge in [0.05, 0.1) is 6.10 Å². The van der Waals surface area contributed by atoms with Crippen LogP contribution in [0, 0.1) is 5.92 Å². The predicted molar refractivity (Wildman–Crippen MR) is 75.0 cm³/mol. The number of rotatable bonds is 8. The molecule has 1 heterocycles. The van der Waals surface area contributed by atoms with Crippen LogP contribution in [0.2, 0.25) is 0 Å². The standard InChI is InChI=1S/C14H26ClNO2/c1-2-12(8-9-15)11-16-14(17)7-6-13-5-3-4-10-18-13/h12-13H,2-11H2,1H3,(H,16,17). The second-order valence-corrected chi connectivity index (χ2v) is 5.46. The zero-order chi connectivity index (χ0) is 13.2. The molecule has 1 rings (SSSR count). The van der Waals surface area contributed by atoms with Crippen LogP contribution < -0.4 is 5.32 Å². The average Bonchev–Trinajstić information content (AvgIpc) is 2.42. The van der Waals surface area contributed by atoms with E-state index in [0.717, 1.165) is 38.8 Å². The van der Waals surface area contributed by atoms with Crippen LogP contribution in [0.15, 0.2) is 0 Å². The summed E-state index contributed by atoms with van der Waals surface area (Å²) in [7, 11) is 0. The van der Waals surface area contributed by atoms with Crippen LogP contribution in [-0.2, 0) is 9.53 Å². The fourth-order valence-electron chi connectivity index (χ4n) is 2.28. The van der Waals surface area contributed by atoms with Gasteiger partial charge in [-0.2, -0.15) is 0 Å². The number of hydrogen-bond acceptors (Lipinski definition) is 2. The van der Waals surface area contributed by atoms with Gasteiger partial charge in [-0.05, 0) is 38.0 Å². The zero-order valence-electron chi connectivity index (χ0n) is 11.4. The van der Waals surface area contributed by atoms with E-state index in [2.05, 4.69) is 12.2 Å². The Morgan fingerprint density at radius 1 is 1.50 bits per heavy atom. The van der Waals surface area contributed by atoms with E-state index in [1.807, 2.05) is 0 Å². The van der Waals surface area contributed by atoms with Gasteiger partial charge < -0.3 is 10.1 Å². The lowest BCUT2D eigenvalue weighted by molar-refractivity contribution is -0.122. The Bertz CT molecular complexity index is 219. The summed E-state index contributed by atoms with van der Waals surface area (Å²) < 4.78 is 5.62. The van der Waals surface area contributed by atoms with Crippen molar-refractivity contribution in [1.29, 1.82) is 0 Å². The van der Waals surface area contributed by atoms with E-state index in [1.165, 1.54) is 12.8 Å². The Kier molecular flexibility index (Phi) is 8.44. The minimum Gasteiger partial charge on any atom is -0.378 e.